The van der Waals surface area contributed by atoms with Crippen LogP contribution in [0.2, 0.25) is 0 Å². The van der Waals surface area contributed by atoms with E-state index in [1.807, 2.05) is 31.2 Å². The van der Waals surface area contributed by atoms with Crippen LogP contribution < -0.4 is 10.2 Å². The summed E-state index contributed by atoms with van der Waals surface area (Å²) in [5, 5.41) is 2.77. The van der Waals surface area contributed by atoms with Crippen molar-refractivity contribution in [3.8, 4) is 0 Å². The number of amides is 4. The number of nitrogens with zero attached hydrogens (tertiary/aromatic N) is 2. The zero-order chi connectivity index (χ0) is 18.3. The van der Waals surface area contributed by atoms with Crippen LogP contribution in [0.4, 0.5) is 10.5 Å². The van der Waals surface area contributed by atoms with Crippen LogP contribution in [0.15, 0.2) is 24.3 Å². The van der Waals surface area contributed by atoms with Gasteiger partial charge in [0, 0.05) is 24.8 Å². The van der Waals surface area contributed by atoms with E-state index in [2.05, 4.69) is 5.32 Å². The van der Waals surface area contributed by atoms with Gasteiger partial charge in [0.05, 0.1) is 6.61 Å². The molecule has 4 rings (SSSR count). The molecule has 3 saturated heterocycles. The standard InChI is InChI=1S/C19H23N3O4/c1-12-4-6-14(7-5-12)21-9-8-15(17(21)23)22-18(24)16(20-19(22)25)13-3-2-10-26-11-13/h4-7,13,15-16H,2-3,8-11H2,1H3,(H,20,25)/t13-,15+,16-/m1/s1. The Morgan fingerprint density at radius 2 is 1.85 bits per heavy atom. The monoisotopic (exact) mass is 357 g/mol. The maximum absolute atomic E-state index is 12.9. The van der Waals surface area contributed by atoms with E-state index in [1.54, 1.807) is 4.90 Å². The fourth-order valence-corrected chi connectivity index (χ4v) is 4.04. The minimum absolute atomic E-state index is 0.0186. The van der Waals surface area contributed by atoms with Gasteiger partial charge in [0.15, 0.2) is 0 Å². The Bertz CT molecular complexity index is 727. The molecular formula is C19H23N3O4. The molecule has 3 fully saturated rings. The molecule has 0 spiro atoms. The molecule has 0 bridgehead atoms. The predicted molar refractivity (Wildman–Crippen MR) is 94.6 cm³/mol. The van der Waals surface area contributed by atoms with Gasteiger partial charge in [0.1, 0.15) is 12.1 Å². The number of aryl methyl sites for hydroxylation is 1. The predicted octanol–water partition coefficient (Wildman–Crippen LogP) is 1.45. The number of imide groups is 1. The number of hydrogen-bond donors (Lipinski definition) is 1. The van der Waals surface area contributed by atoms with Crippen molar-refractivity contribution in [3.05, 3.63) is 29.8 Å². The normalized spacial score (nSPS) is 29.4. The van der Waals surface area contributed by atoms with E-state index in [0.29, 0.717) is 26.2 Å². The van der Waals surface area contributed by atoms with Gasteiger partial charge in [0.25, 0.3) is 5.91 Å². The summed E-state index contributed by atoms with van der Waals surface area (Å²) in [5.41, 5.74) is 1.91. The molecule has 3 atom stereocenters. The zero-order valence-corrected chi connectivity index (χ0v) is 14.8. The van der Waals surface area contributed by atoms with E-state index in [1.165, 1.54) is 0 Å². The molecule has 7 nitrogen and oxygen atoms in total. The number of urea groups is 1. The van der Waals surface area contributed by atoms with Gasteiger partial charge < -0.3 is 15.0 Å². The Morgan fingerprint density at radius 3 is 2.54 bits per heavy atom. The summed E-state index contributed by atoms with van der Waals surface area (Å²) in [5.74, 6) is -0.512. The van der Waals surface area contributed by atoms with Crippen molar-refractivity contribution in [2.24, 2.45) is 5.92 Å². The fourth-order valence-electron chi connectivity index (χ4n) is 4.04. The molecule has 0 aromatic heterocycles. The van der Waals surface area contributed by atoms with Crippen molar-refractivity contribution >= 4 is 23.5 Å². The average Bonchev–Trinajstić information content (AvgIpc) is 3.16. The second-order valence-electron chi connectivity index (χ2n) is 7.24. The van der Waals surface area contributed by atoms with Crippen LogP contribution in [0.3, 0.4) is 0 Å². The van der Waals surface area contributed by atoms with Gasteiger partial charge in [-0.1, -0.05) is 17.7 Å². The van der Waals surface area contributed by atoms with E-state index in [4.69, 9.17) is 4.74 Å². The number of carbonyl (C=O) groups excluding carboxylic acids is 3. The summed E-state index contributed by atoms with van der Waals surface area (Å²) in [4.78, 5) is 41.0. The third kappa shape index (κ3) is 2.86. The molecule has 0 aliphatic carbocycles. The van der Waals surface area contributed by atoms with Gasteiger partial charge in [0.2, 0.25) is 5.91 Å². The van der Waals surface area contributed by atoms with Gasteiger partial charge in [-0.15, -0.1) is 0 Å². The van der Waals surface area contributed by atoms with E-state index >= 15 is 0 Å². The largest absolute Gasteiger partial charge is 0.381 e. The van der Waals surface area contributed by atoms with Crippen molar-refractivity contribution in [1.29, 1.82) is 0 Å². The molecule has 138 valence electrons. The van der Waals surface area contributed by atoms with Crippen molar-refractivity contribution < 1.29 is 19.1 Å². The van der Waals surface area contributed by atoms with E-state index in [-0.39, 0.29) is 17.7 Å². The van der Waals surface area contributed by atoms with Gasteiger partial charge >= 0.3 is 6.03 Å². The Kier molecular flexibility index (Phi) is 4.40. The third-order valence-corrected chi connectivity index (χ3v) is 5.50. The molecule has 1 N–H and O–H groups in total. The second-order valence-corrected chi connectivity index (χ2v) is 7.24. The number of carbonyl (C=O) groups is 3. The highest BCUT2D eigenvalue weighted by molar-refractivity contribution is 6.10. The quantitative estimate of drug-likeness (QED) is 0.831. The first-order valence-corrected chi connectivity index (χ1v) is 9.15. The topological polar surface area (TPSA) is 79.0 Å². The minimum Gasteiger partial charge on any atom is -0.381 e. The summed E-state index contributed by atoms with van der Waals surface area (Å²) in [6.07, 6.45) is 2.19. The molecule has 3 heterocycles. The number of anilines is 1. The molecule has 0 radical (unpaired) electrons. The summed E-state index contributed by atoms with van der Waals surface area (Å²) in [6, 6.07) is 5.91. The molecule has 3 aliphatic rings. The highest BCUT2D eigenvalue weighted by Crippen LogP contribution is 2.29. The van der Waals surface area contributed by atoms with Crippen LogP contribution >= 0.6 is 0 Å². The lowest BCUT2D eigenvalue weighted by Gasteiger charge is -2.26. The molecule has 1 aromatic rings. The first-order valence-electron chi connectivity index (χ1n) is 9.15. The summed E-state index contributed by atoms with van der Waals surface area (Å²) in [6.45, 7) is 3.65. The molecular weight excluding hydrogens is 334 g/mol. The lowest BCUT2D eigenvalue weighted by molar-refractivity contribution is -0.135. The number of ether oxygens (including phenoxy) is 1. The molecule has 26 heavy (non-hydrogen) atoms. The SMILES string of the molecule is Cc1ccc(N2CC[C@H](N3C(=O)N[C@H]([C@@H]4CCCOC4)C3=O)C2=O)cc1. The van der Waals surface area contributed by atoms with Crippen LogP contribution in [-0.2, 0) is 14.3 Å². The van der Waals surface area contributed by atoms with Gasteiger partial charge in [-0.2, -0.15) is 0 Å². The molecule has 0 unspecified atom stereocenters. The molecule has 4 amide bonds. The van der Waals surface area contributed by atoms with Crippen molar-refractivity contribution in [3.63, 3.8) is 0 Å². The van der Waals surface area contributed by atoms with Crippen molar-refractivity contribution in [2.75, 3.05) is 24.7 Å². The lowest BCUT2D eigenvalue weighted by atomic mass is 9.93. The zero-order valence-electron chi connectivity index (χ0n) is 14.8. The van der Waals surface area contributed by atoms with E-state index in [9.17, 15) is 14.4 Å². The Hall–Kier alpha value is -2.41. The molecule has 1 aromatic carbocycles. The highest BCUT2D eigenvalue weighted by Gasteiger charge is 2.50. The van der Waals surface area contributed by atoms with Crippen LogP contribution in [0.1, 0.15) is 24.8 Å². The Labute approximate surface area is 152 Å². The van der Waals surface area contributed by atoms with Crippen LogP contribution in [-0.4, -0.2) is 54.6 Å². The molecule has 0 saturated carbocycles. The molecule has 7 heteroatoms. The van der Waals surface area contributed by atoms with Crippen LogP contribution in [0.25, 0.3) is 0 Å². The van der Waals surface area contributed by atoms with Gasteiger partial charge in [-0.05, 0) is 38.3 Å². The number of nitrogens with one attached hydrogen (secondary N) is 1. The summed E-state index contributed by atoms with van der Waals surface area (Å²) >= 11 is 0. The number of rotatable bonds is 3. The average molecular weight is 357 g/mol. The maximum Gasteiger partial charge on any atom is 0.325 e. The lowest BCUT2D eigenvalue weighted by Crippen LogP contribution is -2.46. The Balaban J connectivity index is 1.50. The Morgan fingerprint density at radius 1 is 1.08 bits per heavy atom. The van der Waals surface area contributed by atoms with Crippen LogP contribution in [0.5, 0.6) is 0 Å². The van der Waals surface area contributed by atoms with Crippen LogP contribution in [0, 0.1) is 12.8 Å². The summed E-state index contributed by atoms with van der Waals surface area (Å²) in [7, 11) is 0. The number of hydrogen-bond acceptors (Lipinski definition) is 4. The van der Waals surface area contributed by atoms with Crippen molar-refractivity contribution in [2.45, 2.75) is 38.3 Å². The summed E-state index contributed by atoms with van der Waals surface area (Å²) < 4.78 is 5.45. The minimum atomic E-state index is -0.724. The number of benzene rings is 1. The molecule has 3 aliphatic heterocycles. The first-order chi connectivity index (χ1) is 12.6. The second kappa shape index (κ2) is 6.72. The van der Waals surface area contributed by atoms with E-state index < -0.39 is 18.1 Å². The fraction of sp³-hybridized carbons (Fsp3) is 0.526. The third-order valence-electron chi connectivity index (χ3n) is 5.50. The van der Waals surface area contributed by atoms with Crippen molar-refractivity contribution in [1.82, 2.24) is 10.2 Å². The van der Waals surface area contributed by atoms with Gasteiger partial charge in [-0.25, -0.2) is 9.69 Å². The first kappa shape index (κ1) is 17.0. The smallest absolute Gasteiger partial charge is 0.325 e. The van der Waals surface area contributed by atoms with E-state index in [0.717, 1.165) is 29.0 Å². The maximum atomic E-state index is 12.9. The van der Waals surface area contributed by atoms with Gasteiger partial charge in [-0.3, -0.25) is 9.59 Å². The highest BCUT2D eigenvalue weighted by atomic mass is 16.5.